The number of hydrogen-bond donors (Lipinski definition) is 12. The summed E-state index contributed by atoms with van der Waals surface area (Å²) in [7, 11) is 0. The van der Waals surface area contributed by atoms with E-state index in [2.05, 4.69) is 116 Å². The molecule has 17 atom stereocenters. The van der Waals surface area contributed by atoms with Gasteiger partial charge in [0.1, 0.15) is 73.2 Å². The molecule has 0 aromatic rings. The SMILES string of the molecule is CC/C=C\C/C=C\C/C=C\C/C=C\C/C=C\C/C=C\C/C=C\C/C=C\CCCCC(=O)NC(COC1OC(CO)C(OC2OC(CO)C(OC3OC(CO)C(O)C(O)C3O)C(O)C2O)C(O)C1O)C(O)/C=C/CCCCCCCCCCCCC. The molecule has 0 bridgehead atoms. The van der Waals surface area contributed by atoms with E-state index in [1.54, 1.807) is 6.08 Å². The second-order valence-electron chi connectivity index (χ2n) is 22.1. The van der Waals surface area contributed by atoms with Crippen LogP contribution in [0.3, 0.4) is 0 Å². The van der Waals surface area contributed by atoms with Gasteiger partial charge in [0.15, 0.2) is 18.9 Å². The molecule has 3 aliphatic heterocycles. The van der Waals surface area contributed by atoms with Gasteiger partial charge >= 0.3 is 0 Å². The number of aliphatic hydroxyl groups excluding tert-OH is 11. The quantitative estimate of drug-likeness (QED) is 0.0223. The summed E-state index contributed by atoms with van der Waals surface area (Å²) in [6.07, 6.45) is 35.0. The van der Waals surface area contributed by atoms with Crippen LogP contribution in [0.2, 0.25) is 0 Å². The summed E-state index contributed by atoms with van der Waals surface area (Å²) in [6.45, 7) is 1.54. The topological polar surface area (TPSA) is 307 Å². The van der Waals surface area contributed by atoms with Gasteiger partial charge in [-0.1, -0.05) is 187 Å². The van der Waals surface area contributed by atoms with Gasteiger partial charge in [-0.25, -0.2) is 0 Å². The van der Waals surface area contributed by atoms with Crippen LogP contribution in [0.4, 0.5) is 0 Å². The Bertz CT molecular complexity index is 1970. The van der Waals surface area contributed by atoms with E-state index in [9.17, 15) is 61.0 Å². The Balaban J connectivity index is 1.47. The van der Waals surface area contributed by atoms with Gasteiger partial charge < -0.3 is 89.9 Å². The number of ether oxygens (including phenoxy) is 6. The normalized spacial score (nSPS) is 29.7. The third-order valence-corrected chi connectivity index (χ3v) is 15.1. The van der Waals surface area contributed by atoms with Crippen molar-refractivity contribution in [3.63, 3.8) is 0 Å². The zero-order chi connectivity index (χ0) is 61.9. The molecule has 19 nitrogen and oxygen atoms in total. The molecule has 17 unspecified atom stereocenters. The fourth-order valence-corrected chi connectivity index (χ4v) is 9.91. The van der Waals surface area contributed by atoms with Gasteiger partial charge in [-0.15, -0.1) is 0 Å². The van der Waals surface area contributed by atoms with Crippen LogP contribution in [-0.4, -0.2) is 193 Å². The molecule has 12 N–H and O–H groups in total. The first-order valence-electron chi connectivity index (χ1n) is 31.6. The highest BCUT2D eigenvalue weighted by molar-refractivity contribution is 5.76. The molecule has 0 saturated carbocycles. The third-order valence-electron chi connectivity index (χ3n) is 15.1. The van der Waals surface area contributed by atoms with Crippen LogP contribution in [0.25, 0.3) is 0 Å². The molecule has 85 heavy (non-hydrogen) atoms. The maximum Gasteiger partial charge on any atom is 0.220 e. The number of allylic oxidation sites excluding steroid dienone is 17. The first-order chi connectivity index (χ1) is 41.3. The van der Waals surface area contributed by atoms with Gasteiger partial charge in [0.2, 0.25) is 5.91 Å². The Morgan fingerprint density at radius 2 is 0.812 bits per heavy atom. The van der Waals surface area contributed by atoms with Gasteiger partial charge in [-0.3, -0.25) is 4.79 Å². The smallest absolute Gasteiger partial charge is 0.220 e. The van der Waals surface area contributed by atoms with Crippen LogP contribution in [0, 0.1) is 0 Å². The summed E-state index contributed by atoms with van der Waals surface area (Å²) in [5.41, 5.74) is 0. The van der Waals surface area contributed by atoms with Crippen LogP contribution in [0.5, 0.6) is 0 Å². The van der Waals surface area contributed by atoms with Crippen molar-refractivity contribution >= 4 is 5.91 Å². The minimum atomic E-state index is -1.99. The highest BCUT2D eigenvalue weighted by atomic mass is 16.8. The predicted molar refractivity (Wildman–Crippen MR) is 327 cm³/mol. The lowest BCUT2D eigenvalue weighted by Gasteiger charge is -2.48. The number of aliphatic hydroxyl groups is 11. The molecule has 1 amide bonds. The van der Waals surface area contributed by atoms with Crippen LogP contribution < -0.4 is 5.32 Å². The molecule has 0 aliphatic carbocycles. The standard InChI is InChI=1S/C66H109NO18/c1-3-5-7-9-11-13-15-17-18-19-20-21-22-23-24-25-26-27-28-29-30-32-34-36-38-40-42-44-54(72)67-49(50(71)43-41-39-37-35-33-31-16-14-12-10-8-6-4-2)48-80-64-60(78)57(75)62(52(46-69)82-64)85-66-61(79)58(76)63(53(47-70)83-66)84-65-59(77)56(74)55(73)51(45-68)81-65/h5,7,11,13,17-18,20-21,23-24,26-27,29-30,34,36,41,43,49-53,55-66,68-71,73-79H,3-4,6,8-10,12,14-16,19,22,25,28,31-33,35,37-40,42,44-48H2,1-2H3,(H,67,72)/b7-5-,13-11-,18-17-,21-20-,24-23-,27-26-,30-29-,36-34-,43-41+. The number of amides is 1. The van der Waals surface area contributed by atoms with E-state index in [4.69, 9.17) is 28.4 Å². The molecule has 486 valence electrons. The Labute approximate surface area is 506 Å². The zero-order valence-electron chi connectivity index (χ0n) is 50.8. The van der Waals surface area contributed by atoms with Crippen molar-refractivity contribution in [1.29, 1.82) is 0 Å². The fraction of sp³-hybridized carbons (Fsp3) is 0.712. The first-order valence-corrected chi connectivity index (χ1v) is 31.6. The van der Waals surface area contributed by atoms with Gasteiger partial charge in [0, 0.05) is 6.42 Å². The van der Waals surface area contributed by atoms with Crippen LogP contribution in [-0.2, 0) is 33.2 Å². The second kappa shape index (κ2) is 47.5. The van der Waals surface area contributed by atoms with Crippen molar-refractivity contribution in [2.45, 2.75) is 272 Å². The molecule has 19 heteroatoms. The van der Waals surface area contributed by atoms with E-state index in [-0.39, 0.29) is 18.9 Å². The average molecular weight is 1200 g/mol. The molecular weight excluding hydrogens is 1090 g/mol. The highest BCUT2D eigenvalue weighted by Crippen LogP contribution is 2.33. The predicted octanol–water partition coefficient (Wildman–Crippen LogP) is 6.71. The van der Waals surface area contributed by atoms with E-state index in [1.165, 1.54) is 51.4 Å². The van der Waals surface area contributed by atoms with Crippen LogP contribution in [0.15, 0.2) is 109 Å². The average Bonchev–Trinajstić information content (AvgIpc) is 2.72. The van der Waals surface area contributed by atoms with E-state index >= 15 is 0 Å². The molecule has 3 fully saturated rings. The molecule has 0 radical (unpaired) electrons. The molecule has 0 spiro atoms. The summed E-state index contributed by atoms with van der Waals surface area (Å²) in [5.74, 6) is -0.324. The van der Waals surface area contributed by atoms with E-state index in [1.807, 2.05) is 6.08 Å². The maximum atomic E-state index is 13.3. The van der Waals surface area contributed by atoms with Gasteiger partial charge in [-0.2, -0.15) is 0 Å². The summed E-state index contributed by atoms with van der Waals surface area (Å²) >= 11 is 0. The summed E-state index contributed by atoms with van der Waals surface area (Å²) in [6, 6.07) is -1.00. The van der Waals surface area contributed by atoms with Crippen LogP contribution in [0.1, 0.15) is 168 Å². The van der Waals surface area contributed by atoms with E-state index < -0.39 is 124 Å². The highest BCUT2D eigenvalue weighted by Gasteiger charge is 2.53. The molecule has 3 heterocycles. The Morgan fingerprint density at radius 3 is 1.27 bits per heavy atom. The number of carbonyl (C=O) groups excluding carboxylic acids is 1. The number of hydrogen-bond acceptors (Lipinski definition) is 18. The van der Waals surface area contributed by atoms with Crippen molar-refractivity contribution < 1.29 is 89.4 Å². The van der Waals surface area contributed by atoms with Crippen molar-refractivity contribution in [3.8, 4) is 0 Å². The van der Waals surface area contributed by atoms with Gasteiger partial charge in [0.25, 0.3) is 0 Å². The Hall–Kier alpha value is -3.55. The van der Waals surface area contributed by atoms with Gasteiger partial charge in [0.05, 0.1) is 38.6 Å². The molecule has 0 aromatic carbocycles. The lowest BCUT2D eigenvalue weighted by atomic mass is 9.96. The molecule has 3 aliphatic rings. The fourth-order valence-electron chi connectivity index (χ4n) is 9.91. The Kier molecular flexibility index (Phi) is 42.3. The second-order valence-corrected chi connectivity index (χ2v) is 22.1. The van der Waals surface area contributed by atoms with Crippen molar-refractivity contribution in [3.05, 3.63) is 109 Å². The van der Waals surface area contributed by atoms with Gasteiger partial charge in [-0.05, 0) is 83.5 Å². The Morgan fingerprint density at radius 1 is 0.435 bits per heavy atom. The van der Waals surface area contributed by atoms with Crippen LogP contribution >= 0.6 is 0 Å². The summed E-state index contributed by atoms with van der Waals surface area (Å²) < 4.78 is 34.2. The zero-order valence-corrected chi connectivity index (χ0v) is 50.8. The number of rotatable bonds is 45. The van der Waals surface area contributed by atoms with Crippen molar-refractivity contribution in [2.24, 2.45) is 0 Å². The monoisotopic (exact) mass is 1200 g/mol. The number of unbranched alkanes of at least 4 members (excludes halogenated alkanes) is 13. The molecular formula is C66H109NO18. The van der Waals surface area contributed by atoms with E-state index in [0.29, 0.717) is 6.42 Å². The number of carbonyl (C=O) groups is 1. The summed E-state index contributed by atoms with van der Waals surface area (Å²) in [4.78, 5) is 13.3. The molecule has 3 saturated heterocycles. The van der Waals surface area contributed by atoms with Crippen molar-refractivity contribution in [1.82, 2.24) is 5.32 Å². The molecule has 3 rings (SSSR count). The lowest BCUT2D eigenvalue weighted by Crippen LogP contribution is -2.66. The summed E-state index contributed by atoms with van der Waals surface area (Å²) in [5, 5.41) is 120. The van der Waals surface area contributed by atoms with Crippen molar-refractivity contribution in [2.75, 3.05) is 26.4 Å². The third kappa shape index (κ3) is 30.5. The minimum Gasteiger partial charge on any atom is -0.394 e. The molecule has 0 aromatic heterocycles. The maximum absolute atomic E-state index is 13.3. The number of nitrogens with one attached hydrogen (secondary N) is 1. The largest absolute Gasteiger partial charge is 0.394 e. The minimum absolute atomic E-state index is 0.180. The first kappa shape index (κ1) is 75.7. The lowest BCUT2D eigenvalue weighted by molar-refractivity contribution is -0.379. The van der Waals surface area contributed by atoms with E-state index in [0.717, 1.165) is 89.9 Å².